The van der Waals surface area contributed by atoms with Crippen molar-refractivity contribution in [2.45, 2.75) is 226 Å². The Morgan fingerprint density at radius 3 is 1.02 bits per heavy atom. The Morgan fingerprint density at radius 2 is 0.621 bits per heavy atom. The average Bonchev–Trinajstić information content (AvgIpc) is 3.31. The van der Waals surface area contributed by atoms with E-state index in [0.29, 0.717) is 19.3 Å². The molecule has 0 aliphatic heterocycles. The number of carbonyl (C=O) groups is 3. The largest absolute Gasteiger partial charge is 0.462 e. The zero-order valence-electron chi connectivity index (χ0n) is 42.4. The van der Waals surface area contributed by atoms with E-state index in [9.17, 15) is 14.4 Å². The Kier molecular flexibility index (Phi) is 50.0. The van der Waals surface area contributed by atoms with Gasteiger partial charge in [0.1, 0.15) is 13.2 Å². The van der Waals surface area contributed by atoms with E-state index in [2.05, 4.69) is 130 Å². The molecule has 66 heavy (non-hydrogen) atoms. The molecule has 0 saturated heterocycles. The van der Waals surface area contributed by atoms with Crippen molar-refractivity contribution in [3.63, 3.8) is 0 Å². The molecule has 6 nitrogen and oxygen atoms in total. The van der Waals surface area contributed by atoms with Gasteiger partial charge in [0.15, 0.2) is 6.10 Å². The number of hydrogen-bond donors (Lipinski definition) is 0. The van der Waals surface area contributed by atoms with E-state index in [1.807, 2.05) is 12.2 Å². The molecule has 372 valence electrons. The first kappa shape index (κ1) is 61.8. The quantitative estimate of drug-likeness (QED) is 0.0262. The van der Waals surface area contributed by atoms with E-state index >= 15 is 0 Å². The number of esters is 3. The van der Waals surface area contributed by atoms with Gasteiger partial charge in [-0.2, -0.15) is 0 Å². The van der Waals surface area contributed by atoms with Crippen LogP contribution >= 0.6 is 0 Å². The van der Waals surface area contributed by atoms with Crippen LogP contribution in [0.25, 0.3) is 0 Å². The molecule has 0 amide bonds. The van der Waals surface area contributed by atoms with Gasteiger partial charge in [0.25, 0.3) is 0 Å². The van der Waals surface area contributed by atoms with Crippen molar-refractivity contribution in [1.82, 2.24) is 0 Å². The Hall–Kier alpha value is -4.19. The second-order valence-electron chi connectivity index (χ2n) is 17.0. The Bertz CT molecular complexity index is 1420. The van der Waals surface area contributed by atoms with Gasteiger partial charge in [0.2, 0.25) is 0 Å². The molecule has 0 heterocycles. The third-order valence-corrected chi connectivity index (χ3v) is 10.7. The normalized spacial score (nSPS) is 13.1. The minimum absolute atomic E-state index is 0.119. The molecule has 0 aliphatic carbocycles. The molecule has 0 saturated carbocycles. The standard InChI is InChI=1S/C60H96O6/c1-4-7-10-13-16-19-22-25-28-29-30-31-33-35-38-41-44-47-50-53-59(62)65-56-57(55-64-58(61)52-49-46-43-40-37-34-27-24-21-18-15-12-9-6-3)66-60(63)54-51-48-45-42-39-36-32-26-23-20-17-14-11-8-5-2/h7-8,10-11,16-17,19-20,25-26,28,30-32,35,38-39,42,44,47,57H,4-6,9,12-15,18,21-24,27,29,33-34,36-37,40-41,43,45-46,48-56H2,1-3H3/b10-7-,11-8-,19-16-,20-17-,28-25-,31-30-,32-26-,38-35-,42-39-,47-44-. The van der Waals surface area contributed by atoms with Crippen molar-refractivity contribution >= 4 is 17.9 Å². The molecule has 0 N–H and O–H groups in total. The maximum atomic E-state index is 12.8. The minimum atomic E-state index is -0.832. The Balaban J connectivity index is 4.57. The van der Waals surface area contributed by atoms with Crippen LogP contribution in [0.4, 0.5) is 0 Å². The number of unbranched alkanes of at least 4 members (excludes halogenated alkanes) is 15. The van der Waals surface area contributed by atoms with Gasteiger partial charge in [-0.25, -0.2) is 0 Å². The van der Waals surface area contributed by atoms with Gasteiger partial charge < -0.3 is 14.2 Å². The molecule has 6 heteroatoms. The topological polar surface area (TPSA) is 78.9 Å². The molecule has 0 aliphatic rings. The lowest BCUT2D eigenvalue weighted by molar-refractivity contribution is -0.166. The predicted octanol–water partition coefficient (Wildman–Crippen LogP) is 17.7. The molecular formula is C60H96O6. The van der Waals surface area contributed by atoms with Crippen molar-refractivity contribution in [3.8, 4) is 0 Å². The Morgan fingerprint density at radius 1 is 0.318 bits per heavy atom. The summed E-state index contributed by atoms with van der Waals surface area (Å²) in [7, 11) is 0. The number of hydrogen-bond acceptors (Lipinski definition) is 6. The van der Waals surface area contributed by atoms with E-state index < -0.39 is 6.10 Å². The molecule has 0 bridgehead atoms. The first-order chi connectivity index (χ1) is 32.5. The van der Waals surface area contributed by atoms with Crippen LogP contribution in [-0.4, -0.2) is 37.2 Å². The lowest BCUT2D eigenvalue weighted by Crippen LogP contribution is -2.30. The predicted molar refractivity (Wildman–Crippen MR) is 283 cm³/mol. The van der Waals surface area contributed by atoms with Crippen molar-refractivity contribution in [1.29, 1.82) is 0 Å². The molecule has 1 unspecified atom stereocenters. The maximum absolute atomic E-state index is 12.8. The van der Waals surface area contributed by atoms with Crippen LogP contribution in [0.5, 0.6) is 0 Å². The summed E-state index contributed by atoms with van der Waals surface area (Å²) in [4.78, 5) is 38.0. The third-order valence-electron chi connectivity index (χ3n) is 10.7. The van der Waals surface area contributed by atoms with Gasteiger partial charge in [-0.1, -0.05) is 226 Å². The van der Waals surface area contributed by atoms with E-state index in [4.69, 9.17) is 14.2 Å². The summed E-state index contributed by atoms with van der Waals surface area (Å²) in [6.07, 6.45) is 73.4. The lowest BCUT2D eigenvalue weighted by atomic mass is 10.0. The molecule has 1 atom stereocenters. The van der Waals surface area contributed by atoms with Crippen LogP contribution in [0, 0.1) is 0 Å². The molecule has 0 spiro atoms. The summed E-state index contributed by atoms with van der Waals surface area (Å²) in [5.41, 5.74) is 0. The van der Waals surface area contributed by atoms with Gasteiger partial charge in [-0.3, -0.25) is 14.4 Å². The first-order valence-corrected chi connectivity index (χ1v) is 26.5. The highest BCUT2D eigenvalue weighted by Gasteiger charge is 2.19. The van der Waals surface area contributed by atoms with Crippen LogP contribution in [0.3, 0.4) is 0 Å². The summed E-state index contributed by atoms with van der Waals surface area (Å²) in [6.45, 7) is 6.30. The van der Waals surface area contributed by atoms with Crippen LogP contribution in [0.2, 0.25) is 0 Å². The lowest BCUT2D eigenvalue weighted by Gasteiger charge is -2.18. The average molecular weight is 913 g/mol. The van der Waals surface area contributed by atoms with Gasteiger partial charge in [0.05, 0.1) is 0 Å². The SMILES string of the molecule is CC/C=C\C/C=C\C/C=C\C/C=C\C/C=C\C/C=C\CCC(=O)OCC(COC(=O)CCCCCCCCCCCCCCCC)OC(=O)CCCC/C=C\C/C=C\C/C=C\C/C=C\CC. The Labute approximate surface area is 405 Å². The number of rotatable bonds is 46. The van der Waals surface area contributed by atoms with Crippen LogP contribution in [0.15, 0.2) is 122 Å². The molecule has 0 aromatic heterocycles. The van der Waals surface area contributed by atoms with Crippen molar-refractivity contribution in [2.75, 3.05) is 13.2 Å². The summed E-state index contributed by atoms with van der Waals surface area (Å²) in [5, 5.41) is 0. The van der Waals surface area contributed by atoms with Crippen molar-refractivity contribution < 1.29 is 28.6 Å². The van der Waals surface area contributed by atoms with E-state index in [-0.39, 0.29) is 44.0 Å². The summed E-state index contributed by atoms with van der Waals surface area (Å²) < 4.78 is 16.7. The van der Waals surface area contributed by atoms with Gasteiger partial charge in [0, 0.05) is 19.3 Å². The van der Waals surface area contributed by atoms with Gasteiger partial charge in [-0.15, -0.1) is 0 Å². The van der Waals surface area contributed by atoms with Crippen molar-refractivity contribution in [2.24, 2.45) is 0 Å². The second kappa shape index (κ2) is 53.4. The van der Waals surface area contributed by atoms with Gasteiger partial charge in [-0.05, 0) is 96.3 Å². The summed E-state index contributed by atoms with van der Waals surface area (Å²) in [5.74, 6) is -1.05. The van der Waals surface area contributed by atoms with Gasteiger partial charge >= 0.3 is 17.9 Å². The second-order valence-corrected chi connectivity index (χ2v) is 17.0. The molecular weight excluding hydrogens is 817 g/mol. The maximum Gasteiger partial charge on any atom is 0.306 e. The highest BCUT2D eigenvalue weighted by Crippen LogP contribution is 2.14. The third kappa shape index (κ3) is 50.8. The fourth-order valence-corrected chi connectivity index (χ4v) is 6.81. The van der Waals surface area contributed by atoms with Crippen LogP contribution in [-0.2, 0) is 28.6 Å². The van der Waals surface area contributed by atoms with Crippen LogP contribution in [0.1, 0.15) is 220 Å². The molecule has 0 aromatic carbocycles. The highest BCUT2D eigenvalue weighted by atomic mass is 16.6. The zero-order chi connectivity index (χ0) is 47.9. The first-order valence-electron chi connectivity index (χ1n) is 26.5. The van der Waals surface area contributed by atoms with Crippen LogP contribution < -0.4 is 0 Å². The molecule has 0 fully saturated rings. The molecule has 0 radical (unpaired) electrons. The monoisotopic (exact) mass is 913 g/mol. The van der Waals surface area contributed by atoms with E-state index in [0.717, 1.165) is 96.3 Å². The number of carbonyl (C=O) groups excluding carboxylic acids is 3. The highest BCUT2D eigenvalue weighted by molar-refractivity contribution is 5.71. The smallest absolute Gasteiger partial charge is 0.306 e. The molecule has 0 aromatic rings. The summed E-state index contributed by atoms with van der Waals surface area (Å²) >= 11 is 0. The zero-order valence-corrected chi connectivity index (χ0v) is 42.4. The number of ether oxygens (including phenoxy) is 3. The summed E-state index contributed by atoms with van der Waals surface area (Å²) in [6, 6.07) is 0. The number of allylic oxidation sites excluding steroid dienone is 20. The minimum Gasteiger partial charge on any atom is -0.462 e. The van der Waals surface area contributed by atoms with E-state index in [1.165, 1.54) is 70.6 Å². The fourth-order valence-electron chi connectivity index (χ4n) is 6.81. The van der Waals surface area contributed by atoms with E-state index in [1.54, 1.807) is 0 Å². The fraction of sp³-hybridized carbons (Fsp3) is 0.617. The molecule has 0 rings (SSSR count). The van der Waals surface area contributed by atoms with Crippen molar-refractivity contribution in [3.05, 3.63) is 122 Å².